The molecule has 0 saturated heterocycles. The summed E-state index contributed by atoms with van der Waals surface area (Å²) in [5, 5.41) is 3.22. The third-order valence-corrected chi connectivity index (χ3v) is 3.77. The third-order valence-electron chi connectivity index (χ3n) is 3.77. The van der Waals surface area contributed by atoms with E-state index in [1.54, 1.807) is 19.0 Å². The standard InChI is InChI=1S/C17H24FN5/c1-12-8-6-7-9-13(12)15(22(2)3)11-20-17-19-10-14(18)16(21-17)23(4)5/h6-10,15H,11H2,1-5H3,(H,19,20,21)/t15-/m0/s1. The van der Waals surface area contributed by atoms with Crippen LogP contribution in [0.1, 0.15) is 17.2 Å². The summed E-state index contributed by atoms with van der Waals surface area (Å²) in [7, 11) is 7.58. The van der Waals surface area contributed by atoms with Gasteiger partial charge in [0.25, 0.3) is 0 Å². The minimum absolute atomic E-state index is 0.174. The molecule has 0 aliphatic carbocycles. The summed E-state index contributed by atoms with van der Waals surface area (Å²) in [6.07, 6.45) is 1.20. The number of benzene rings is 1. The summed E-state index contributed by atoms with van der Waals surface area (Å²) < 4.78 is 13.7. The Hall–Kier alpha value is -2.21. The lowest BCUT2D eigenvalue weighted by atomic mass is 10.0. The molecule has 1 N–H and O–H groups in total. The maximum atomic E-state index is 13.7. The van der Waals surface area contributed by atoms with Gasteiger partial charge in [0.1, 0.15) is 0 Å². The summed E-state index contributed by atoms with van der Waals surface area (Å²) in [6, 6.07) is 8.47. The molecule has 0 aliphatic heterocycles. The zero-order chi connectivity index (χ0) is 17.0. The van der Waals surface area contributed by atoms with Crippen molar-refractivity contribution in [3.63, 3.8) is 0 Å². The van der Waals surface area contributed by atoms with Crippen LogP contribution in [0.2, 0.25) is 0 Å². The minimum atomic E-state index is -0.427. The van der Waals surface area contributed by atoms with Gasteiger partial charge in [0, 0.05) is 20.6 Å². The Morgan fingerprint density at radius 3 is 2.48 bits per heavy atom. The number of nitrogens with zero attached hydrogens (tertiary/aromatic N) is 4. The Kier molecular flexibility index (Phi) is 5.50. The van der Waals surface area contributed by atoms with Crippen molar-refractivity contribution in [1.82, 2.24) is 14.9 Å². The van der Waals surface area contributed by atoms with Crippen LogP contribution in [0.4, 0.5) is 16.2 Å². The molecule has 1 heterocycles. The molecule has 2 rings (SSSR count). The van der Waals surface area contributed by atoms with Gasteiger partial charge in [-0.1, -0.05) is 24.3 Å². The van der Waals surface area contributed by atoms with E-state index in [2.05, 4.69) is 39.2 Å². The number of aromatic nitrogens is 2. The fourth-order valence-corrected chi connectivity index (χ4v) is 2.48. The minimum Gasteiger partial charge on any atom is -0.360 e. The van der Waals surface area contributed by atoms with Crippen LogP contribution >= 0.6 is 0 Å². The van der Waals surface area contributed by atoms with E-state index < -0.39 is 5.82 Å². The molecular weight excluding hydrogens is 293 g/mol. The molecule has 23 heavy (non-hydrogen) atoms. The van der Waals surface area contributed by atoms with E-state index in [4.69, 9.17) is 0 Å². The molecule has 124 valence electrons. The van der Waals surface area contributed by atoms with Crippen LogP contribution in [0.5, 0.6) is 0 Å². The molecule has 1 aromatic heterocycles. The number of hydrogen-bond acceptors (Lipinski definition) is 5. The van der Waals surface area contributed by atoms with Gasteiger partial charge in [-0.05, 0) is 32.1 Å². The van der Waals surface area contributed by atoms with Crippen molar-refractivity contribution in [2.45, 2.75) is 13.0 Å². The first-order chi connectivity index (χ1) is 10.9. The van der Waals surface area contributed by atoms with Crippen LogP contribution in [0, 0.1) is 12.7 Å². The van der Waals surface area contributed by atoms with Crippen molar-refractivity contribution in [3.8, 4) is 0 Å². The SMILES string of the molecule is Cc1ccccc1[C@H](CNc1ncc(F)c(N(C)C)n1)N(C)C. The number of nitrogens with one attached hydrogen (secondary N) is 1. The lowest BCUT2D eigenvalue weighted by Crippen LogP contribution is -2.28. The van der Waals surface area contributed by atoms with Gasteiger partial charge in [-0.25, -0.2) is 9.37 Å². The van der Waals surface area contributed by atoms with E-state index in [0.29, 0.717) is 12.5 Å². The second-order valence-electron chi connectivity index (χ2n) is 5.98. The van der Waals surface area contributed by atoms with Gasteiger partial charge in [-0.3, -0.25) is 0 Å². The second kappa shape index (κ2) is 7.37. The van der Waals surface area contributed by atoms with Crippen molar-refractivity contribution in [1.29, 1.82) is 0 Å². The largest absolute Gasteiger partial charge is 0.360 e. The maximum Gasteiger partial charge on any atom is 0.224 e. The molecule has 0 amide bonds. The predicted molar refractivity (Wildman–Crippen MR) is 92.4 cm³/mol. The molecule has 5 nitrogen and oxygen atoms in total. The Morgan fingerprint density at radius 2 is 1.87 bits per heavy atom. The molecule has 1 aromatic carbocycles. The number of likely N-dealkylation sites (N-methyl/N-ethyl adjacent to an activating group) is 1. The van der Waals surface area contributed by atoms with E-state index in [-0.39, 0.29) is 11.9 Å². The summed E-state index contributed by atoms with van der Waals surface area (Å²) in [5.41, 5.74) is 2.49. The first kappa shape index (κ1) is 17.1. The van der Waals surface area contributed by atoms with Gasteiger partial charge in [-0.15, -0.1) is 0 Å². The van der Waals surface area contributed by atoms with Crippen LogP contribution in [0.3, 0.4) is 0 Å². The van der Waals surface area contributed by atoms with Crippen molar-refractivity contribution in [2.24, 2.45) is 0 Å². The molecule has 1 atom stereocenters. The zero-order valence-corrected chi connectivity index (χ0v) is 14.3. The molecular formula is C17H24FN5. The van der Waals surface area contributed by atoms with Crippen molar-refractivity contribution in [2.75, 3.05) is 45.0 Å². The molecule has 0 spiro atoms. The first-order valence-electron chi connectivity index (χ1n) is 7.56. The molecule has 2 aromatic rings. The highest BCUT2D eigenvalue weighted by Crippen LogP contribution is 2.22. The third kappa shape index (κ3) is 4.16. The lowest BCUT2D eigenvalue weighted by Gasteiger charge is -2.26. The smallest absolute Gasteiger partial charge is 0.224 e. The van der Waals surface area contributed by atoms with Crippen molar-refractivity contribution in [3.05, 3.63) is 47.4 Å². The van der Waals surface area contributed by atoms with E-state index in [0.717, 1.165) is 0 Å². The Labute approximate surface area is 137 Å². The van der Waals surface area contributed by atoms with E-state index in [1.165, 1.54) is 17.3 Å². The van der Waals surface area contributed by atoms with Gasteiger partial charge in [0.15, 0.2) is 11.6 Å². The van der Waals surface area contributed by atoms with Crippen LogP contribution < -0.4 is 10.2 Å². The van der Waals surface area contributed by atoms with Crippen LogP contribution in [0.25, 0.3) is 0 Å². The van der Waals surface area contributed by atoms with E-state index in [9.17, 15) is 4.39 Å². The molecule has 0 radical (unpaired) electrons. The second-order valence-corrected chi connectivity index (χ2v) is 5.98. The Balaban J connectivity index is 2.17. The van der Waals surface area contributed by atoms with Gasteiger partial charge < -0.3 is 15.1 Å². The van der Waals surface area contributed by atoms with Crippen LogP contribution in [0.15, 0.2) is 30.5 Å². The Morgan fingerprint density at radius 1 is 1.17 bits per heavy atom. The molecule has 0 fully saturated rings. The maximum absolute atomic E-state index is 13.7. The summed E-state index contributed by atoms with van der Waals surface area (Å²) in [5.74, 6) is 0.277. The highest BCUT2D eigenvalue weighted by atomic mass is 19.1. The Bertz CT molecular complexity index is 657. The van der Waals surface area contributed by atoms with Crippen molar-refractivity contribution >= 4 is 11.8 Å². The molecule has 0 aliphatic rings. The monoisotopic (exact) mass is 317 g/mol. The quantitative estimate of drug-likeness (QED) is 0.887. The van der Waals surface area contributed by atoms with Crippen molar-refractivity contribution < 1.29 is 4.39 Å². The number of aryl methyl sites for hydroxylation is 1. The topological polar surface area (TPSA) is 44.3 Å². The lowest BCUT2D eigenvalue weighted by molar-refractivity contribution is 0.310. The molecule has 0 saturated carbocycles. The molecule has 0 unspecified atom stereocenters. The highest BCUT2D eigenvalue weighted by molar-refractivity contribution is 5.42. The first-order valence-corrected chi connectivity index (χ1v) is 7.56. The van der Waals surface area contributed by atoms with Gasteiger partial charge in [0.2, 0.25) is 5.95 Å². The normalized spacial score (nSPS) is 12.3. The fraction of sp³-hybridized carbons (Fsp3) is 0.412. The summed E-state index contributed by atoms with van der Waals surface area (Å²) in [4.78, 5) is 12.0. The van der Waals surface area contributed by atoms with Gasteiger partial charge >= 0.3 is 0 Å². The summed E-state index contributed by atoms with van der Waals surface area (Å²) >= 11 is 0. The highest BCUT2D eigenvalue weighted by Gasteiger charge is 2.17. The van der Waals surface area contributed by atoms with E-state index >= 15 is 0 Å². The average molecular weight is 317 g/mol. The zero-order valence-electron chi connectivity index (χ0n) is 14.3. The predicted octanol–water partition coefficient (Wildman–Crippen LogP) is 2.70. The van der Waals surface area contributed by atoms with E-state index in [1.807, 2.05) is 26.2 Å². The number of anilines is 2. The van der Waals surface area contributed by atoms with Crippen LogP contribution in [-0.4, -0.2) is 49.6 Å². The summed E-state index contributed by atoms with van der Waals surface area (Å²) in [6.45, 7) is 2.74. The van der Waals surface area contributed by atoms with Gasteiger partial charge in [-0.2, -0.15) is 4.98 Å². The molecule has 6 heteroatoms. The number of hydrogen-bond donors (Lipinski definition) is 1. The number of rotatable bonds is 6. The average Bonchev–Trinajstić information content (AvgIpc) is 2.50. The van der Waals surface area contributed by atoms with Crippen LogP contribution in [-0.2, 0) is 0 Å². The molecule has 0 bridgehead atoms. The van der Waals surface area contributed by atoms with Gasteiger partial charge in [0.05, 0.1) is 12.2 Å². The fourth-order valence-electron chi connectivity index (χ4n) is 2.48. The number of halogens is 1.